The van der Waals surface area contributed by atoms with E-state index in [0.29, 0.717) is 35.2 Å². The van der Waals surface area contributed by atoms with Gasteiger partial charge in [-0.25, -0.2) is 0 Å². The molecule has 2 rings (SSSR count). The fourth-order valence-corrected chi connectivity index (χ4v) is 2.32. The van der Waals surface area contributed by atoms with Crippen LogP contribution in [0.5, 0.6) is 11.5 Å². The molecule has 5 nitrogen and oxygen atoms in total. The van der Waals surface area contributed by atoms with Crippen LogP contribution in [0.25, 0.3) is 0 Å². The number of halogens is 1. The highest BCUT2D eigenvalue weighted by Gasteiger charge is 2.09. The number of aryl methyl sites for hydroxylation is 1. The van der Waals surface area contributed by atoms with Gasteiger partial charge in [-0.2, -0.15) is 0 Å². The van der Waals surface area contributed by atoms with Gasteiger partial charge in [0.1, 0.15) is 11.5 Å². The zero-order valence-corrected chi connectivity index (χ0v) is 14.7. The zero-order chi connectivity index (χ0) is 17.5. The molecular weight excluding hydrogens is 328 g/mol. The lowest BCUT2D eigenvalue weighted by Gasteiger charge is -2.12. The molecule has 2 N–H and O–H groups in total. The predicted octanol–water partition coefficient (Wildman–Crippen LogP) is 4.11. The Labute approximate surface area is 146 Å². The Balaban J connectivity index is 1.88. The molecule has 2 aromatic rings. The molecule has 0 spiro atoms. The van der Waals surface area contributed by atoms with Crippen molar-refractivity contribution in [3.63, 3.8) is 0 Å². The van der Waals surface area contributed by atoms with E-state index >= 15 is 0 Å². The molecule has 0 bridgehead atoms. The van der Waals surface area contributed by atoms with Gasteiger partial charge in [0.05, 0.1) is 19.9 Å². The van der Waals surface area contributed by atoms with Gasteiger partial charge in [-0.05, 0) is 36.8 Å². The Morgan fingerprint density at radius 2 is 1.92 bits per heavy atom. The fourth-order valence-electron chi connectivity index (χ4n) is 2.14. The smallest absolute Gasteiger partial charge is 0.226 e. The predicted molar refractivity (Wildman–Crippen MR) is 97.5 cm³/mol. The molecule has 0 radical (unpaired) electrons. The first-order chi connectivity index (χ1) is 11.5. The molecule has 0 aliphatic carbocycles. The first-order valence-electron chi connectivity index (χ1n) is 7.55. The van der Waals surface area contributed by atoms with Crippen LogP contribution in [0.2, 0.25) is 5.02 Å². The van der Waals surface area contributed by atoms with Gasteiger partial charge in [-0.15, -0.1) is 0 Å². The third-order valence-electron chi connectivity index (χ3n) is 3.54. The molecule has 0 aliphatic rings. The molecule has 24 heavy (non-hydrogen) atoms. The lowest BCUT2D eigenvalue weighted by molar-refractivity contribution is -0.116. The highest BCUT2D eigenvalue weighted by molar-refractivity contribution is 6.31. The van der Waals surface area contributed by atoms with Gasteiger partial charge in [0.25, 0.3) is 0 Å². The molecular formula is C18H21ClN2O3. The van der Waals surface area contributed by atoms with Crippen LogP contribution in [-0.4, -0.2) is 26.7 Å². The van der Waals surface area contributed by atoms with E-state index < -0.39 is 0 Å². The summed E-state index contributed by atoms with van der Waals surface area (Å²) in [5.74, 6) is 1.12. The van der Waals surface area contributed by atoms with Crippen LogP contribution in [0.15, 0.2) is 36.4 Å². The molecule has 1 amide bonds. The second-order valence-corrected chi connectivity index (χ2v) is 5.66. The standard InChI is InChI=1S/C18H21ClN2O3/c1-12-4-5-13(10-15(12)19)20-9-8-18(22)21-16-7-6-14(23-2)11-17(16)24-3/h4-7,10-11,20H,8-9H2,1-3H3,(H,21,22). The van der Waals surface area contributed by atoms with Crippen LogP contribution in [0, 0.1) is 6.92 Å². The second kappa shape index (κ2) is 8.45. The largest absolute Gasteiger partial charge is 0.497 e. The van der Waals surface area contributed by atoms with Gasteiger partial charge in [0.2, 0.25) is 5.91 Å². The van der Waals surface area contributed by atoms with Crippen LogP contribution < -0.4 is 20.1 Å². The Kier molecular flexibility index (Phi) is 6.32. The van der Waals surface area contributed by atoms with Crippen molar-refractivity contribution >= 4 is 28.9 Å². The number of benzene rings is 2. The first kappa shape index (κ1) is 17.9. The number of hydrogen-bond donors (Lipinski definition) is 2. The van der Waals surface area contributed by atoms with Crippen molar-refractivity contribution in [2.75, 3.05) is 31.4 Å². The normalized spacial score (nSPS) is 10.2. The summed E-state index contributed by atoms with van der Waals surface area (Å²) in [4.78, 5) is 12.1. The summed E-state index contributed by atoms with van der Waals surface area (Å²) < 4.78 is 10.4. The topological polar surface area (TPSA) is 59.6 Å². The van der Waals surface area contributed by atoms with Crippen LogP contribution in [-0.2, 0) is 4.79 Å². The highest BCUT2D eigenvalue weighted by Crippen LogP contribution is 2.29. The zero-order valence-electron chi connectivity index (χ0n) is 14.0. The van der Waals surface area contributed by atoms with E-state index in [1.807, 2.05) is 25.1 Å². The maximum atomic E-state index is 12.1. The van der Waals surface area contributed by atoms with Gasteiger partial charge < -0.3 is 20.1 Å². The Morgan fingerprint density at radius 3 is 2.58 bits per heavy atom. The molecule has 6 heteroatoms. The minimum absolute atomic E-state index is 0.107. The molecule has 0 atom stereocenters. The minimum Gasteiger partial charge on any atom is -0.497 e. The van der Waals surface area contributed by atoms with Gasteiger partial charge in [0.15, 0.2) is 0 Å². The van der Waals surface area contributed by atoms with Crippen molar-refractivity contribution in [2.24, 2.45) is 0 Å². The van der Waals surface area contributed by atoms with Crippen LogP contribution >= 0.6 is 11.6 Å². The van der Waals surface area contributed by atoms with Gasteiger partial charge in [0, 0.05) is 29.7 Å². The third kappa shape index (κ3) is 4.80. The van der Waals surface area contributed by atoms with Crippen LogP contribution in [0.3, 0.4) is 0 Å². The van der Waals surface area contributed by atoms with Gasteiger partial charge in [-0.3, -0.25) is 4.79 Å². The molecule has 0 saturated heterocycles. The number of carbonyl (C=O) groups excluding carboxylic acids is 1. The second-order valence-electron chi connectivity index (χ2n) is 5.26. The van der Waals surface area contributed by atoms with Gasteiger partial charge >= 0.3 is 0 Å². The highest BCUT2D eigenvalue weighted by atomic mass is 35.5. The summed E-state index contributed by atoms with van der Waals surface area (Å²) in [6.45, 7) is 2.45. The molecule has 2 aromatic carbocycles. The van der Waals surface area contributed by atoms with Crippen LogP contribution in [0.1, 0.15) is 12.0 Å². The number of anilines is 2. The molecule has 0 unspecified atom stereocenters. The Morgan fingerprint density at radius 1 is 1.12 bits per heavy atom. The minimum atomic E-state index is -0.107. The first-order valence-corrected chi connectivity index (χ1v) is 7.93. The lowest BCUT2D eigenvalue weighted by Crippen LogP contribution is -2.16. The van der Waals surface area contributed by atoms with Crippen molar-refractivity contribution in [3.8, 4) is 11.5 Å². The van der Waals surface area contributed by atoms with E-state index in [1.165, 1.54) is 0 Å². The number of carbonyl (C=O) groups is 1. The summed E-state index contributed by atoms with van der Waals surface area (Å²) in [5, 5.41) is 6.71. The van der Waals surface area contributed by atoms with Crippen LogP contribution in [0.4, 0.5) is 11.4 Å². The summed E-state index contributed by atoms with van der Waals surface area (Å²) in [6.07, 6.45) is 0.320. The molecule has 0 aromatic heterocycles. The SMILES string of the molecule is COc1ccc(NC(=O)CCNc2ccc(C)c(Cl)c2)c(OC)c1. The number of methoxy groups -OCH3 is 2. The average Bonchev–Trinajstić information content (AvgIpc) is 2.58. The number of hydrogen-bond acceptors (Lipinski definition) is 4. The average molecular weight is 349 g/mol. The molecule has 0 saturated carbocycles. The number of rotatable bonds is 7. The molecule has 0 fully saturated rings. The van der Waals surface area contributed by atoms with E-state index in [9.17, 15) is 4.79 Å². The van der Waals surface area contributed by atoms with E-state index in [-0.39, 0.29) is 5.91 Å². The van der Waals surface area contributed by atoms with E-state index in [0.717, 1.165) is 11.3 Å². The summed E-state index contributed by atoms with van der Waals surface area (Å²) >= 11 is 6.08. The molecule has 0 aliphatic heterocycles. The summed E-state index contributed by atoms with van der Waals surface area (Å²) in [6, 6.07) is 11.0. The van der Waals surface area contributed by atoms with Crippen molar-refractivity contribution in [1.82, 2.24) is 0 Å². The summed E-state index contributed by atoms with van der Waals surface area (Å²) in [7, 11) is 3.13. The monoisotopic (exact) mass is 348 g/mol. The lowest BCUT2D eigenvalue weighted by atomic mass is 10.2. The van der Waals surface area contributed by atoms with Crippen molar-refractivity contribution in [1.29, 1.82) is 0 Å². The van der Waals surface area contributed by atoms with Gasteiger partial charge in [-0.1, -0.05) is 17.7 Å². The number of ether oxygens (including phenoxy) is 2. The third-order valence-corrected chi connectivity index (χ3v) is 3.94. The van der Waals surface area contributed by atoms with Crippen molar-refractivity contribution in [2.45, 2.75) is 13.3 Å². The Hall–Kier alpha value is -2.40. The summed E-state index contributed by atoms with van der Waals surface area (Å²) in [5.41, 5.74) is 2.52. The van der Waals surface area contributed by atoms with Crippen molar-refractivity contribution < 1.29 is 14.3 Å². The van der Waals surface area contributed by atoms with Crippen molar-refractivity contribution in [3.05, 3.63) is 47.0 Å². The Bertz CT molecular complexity index is 719. The maximum absolute atomic E-state index is 12.1. The van der Waals surface area contributed by atoms with E-state index in [2.05, 4.69) is 10.6 Å². The number of nitrogens with one attached hydrogen (secondary N) is 2. The van der Waals surface area contributed by atoms with E-state index in [4.69, 9.17) is 21.1 Å². The maximum Gasteiger partial charge on any atom is 0.226 e. The molecule has 0 heterocycles. The quantitative estimate of drug-likeness (QED) is 0.790. The van der Waals surface area contributed by atoms with E-state index in [1.54, 1.807) is 32.4 Å². The number of amides is 1. The molecule has 128 valence electrons. The fraction of sp³-hybridized carbons (Fsp3) is 0.278.